The van der Waals surface area contributed by atoms with Gasteiger partial charge in [0.2, 0.25) is 0 Å². The van der Waals surface area contributed by atoms with Crippen molar-refractivity contribution in [1.82, 2.24) is 4.98 Å². The standard InChI is InChI=1S/C8H9Cl2FN2O/c9-7-4(6(12)1-2-14)3-5(11)8(10)13-7/h3,6,14H,1-2,12H2. The molecule has 0 spiro atoms. The van der Waals surface area contributed by atoms with Crippen LogP contribution in [0, 0.1) is 5.82 Å². The summed E-state index contributed by atoms with van der Waals surface area (Å²) in [4.78, 5) is 3.57. The summed E-state index contributed by atoms with van der Waals surface area (Å²) in [6, 6.07) is 0.601. The maximum atomic E-state index is 13.0. The van der Waals surface area contributed by atoms with Gasteiger partial charge in [0.05, 0.1) is 0 Å². The van der Waals surface area contributed by atoms with Crippen LogP contribution in [0.5, 0.6) is 0 Å². The van der Waals surface area contributed by atoms with Crippen LogP contribution in [0.25, 0.3) is 0 Å². The van der Waals surface area contributed by atoms with Crippen LogP contribution in [-0.2, 0) is 0 Å². The number of hydrogen-bond donors (Lipinski definition) is 2. The molecule has 14 heavy (non-hydrogen) atoms. The fraction of sp³-hybridized carbons (Fsp3) is 0.375. The van der Waals surface area contributed by atoms with E-state index >= 15 is 0 Å². The van der Waals surface area contributed by atoms with Gasteiger partial charge >= 0.3 is 0 Å². The highest BCUT2D eigenvalue weighted by molar-refractivity contribution is 6.33. The number of aliphatic hydroxyl groups excluding tert-OH is 1. The first kappa shape index (κ1) is 11.7. The third-order valence-electron chi connectivity index (χ3n) is 1.75. The second-order valence-corrected chi connectivity index (χ2v) is 3.48. The van der Waals surface area contributed by atoms with Gasteiger partial charge in [-0.1, -0.05) is 23.2 Å². The molecule has 0 radical (unpaired) electrons. The van der Waals surface area contributed by atoms with Gasteiger partial charge in [0.1, 0.15) is 5.15 Å². The molecule has 0 aromatic carbocycles. The molecule has 1 aromatic rings. The lowest BCUT2D eigenvalue weighted by molar-refractivity contribution is 0.276. The van der Waals surface area contributed by atoms with E-state index in [1.54, 1.807) is 0 Å². The molecule has 0 aliphatic heterocycles. The predicted octanol–water partition coefficient (Wildman–Crippen LogP) is 1.91. The minimum Gasteiger partial charge on any atom is -0.396 e. The third-order valence-corrected chi connectivity index (χ3v) is 2.32. The van der Waals surface area contributed by atoms with Crippen LogP contribution in [0.3, 0.4) is 0 Å². The molecule has 3 N–H and O–H groups in total. The summed E-state index contributed by atoms with van der Waals surface area (Å²) in [5.41, 5.74) is 5.98. The van der Waals surface area contributed by atoms with Gasteiger partial charge in [0.25, 0.3) is 0 Å². The molecular formula is C8H9Cl2FN2O. The van der Waals surface area contributed by atoms with E-state index in [0.717, 1.165) is 6.07 Å². The van der Waals surface area contributed by atoms with E-state index in [1.807, 2.05) is 0 Å². The maximum absolute atomic E-state index is 13.0. The molecule has 0 fully saturated rings. The lowest BCUT2D eigenvalue weighted by atomic mass is 10.1. The van der Waals surface area contributed by atoms with Gasteiger partial charge in [-0.05, 0) is 12.5 Å². The number of pyridine rings is 1. The Morgan fingerprint density at radius 3 is 2.71 bits per heavy atom. The fourth-order valence-corrected chi connectivity index (χ4v) is 1.48. The summed E-state index contributed by atoms with van der Waals surface area (Å²) in [5, 5.41) is 8.43. The normalized spacial score (nSPS) is 12.9. The number of nitrogens with two attached hydrogens (primary N) is 1. The minimum absolute atomic E-state index is 0.0670. The first-order valence-electron chi connectivity index (χ1n) is 3.94. The van der Waals surface area contributed by atoms with Gasteiger partial charge in [-0.2, -0.15) is 0 Å². The summed E-state index contributed by atoms with van der Waals surface area (Å²) in [6.07, 6.45) is 0.294. The number of aromatic nitrogens is 1. The Balaban J connectivity index is 3.02. The summed E-state index contributed by atoms with van der Waals surface area (Å²) in [7, 11) is 0. The van der Waals surface area contributed by atoms with Crippen molar-refractivity contribution < 1.29 is 9.50 Å². The first-order valence-corrected chi connectivity index (χ1v) is 4.69. The van der Waals surface area contributed by atoms with Gasteiger partial charge in [-0.3, -0.25) is 0 Å². The van der Waals surface area contributed by atoms with E-state index in [2.05, 4.69) is 4.98 Å². The number of rotatable bonds is 3. The smallest absolute Gasteiger partial charge is 0.166 e. The molecule has 0 bridgehead atoms. The summed E-state index contributed by atoms with van der Waals surface area (Å²) in [5.74, 6) is -0.667. The lowest BCUT2D eigenvalue weighted by Crippen LogP contribution is -2.13. The van der Waals surface area contributed by atoms with E-state index in [0.29, 0.717) is 12.0 Å². The molecule has 1 heterocycles. The quantitative estimate of drug-likeness (QED) is 0.792. The maximum Gasteiger partial charge on any atom is 0.166 e. The average Bonchev–Trinajstić information content (AvgIpc) is 2.11. The molecule has 1 atom stereocenters. The summed E-state index contributed by atoms with van der Waals surface area (Å²) < 4.78 is 13.0. The van der Waals surface area contributed by atoms with Crippen molar-refractivity contribution in [3.05, 3.63) is 27.8 Å². The predicted molar refractivity (Wildman–Crippen MR) is 52.8 cm³/mol. The lowest BCUT2D eigenvalue weighted by Gasteiger charge is -2.11. The van der Waals surface area contributed by atoms with E-state index in [9.17, 15) is 4.39 Å². The van der Waals surface area contributed by atoms with E-state index in [-0.39, 0.29) is 16.9 Å². The monoisotopic (exact) mass is 238 g/mol. The average molecular weight is 239 g/mol. The zero-order chi connectivity index (χ0) is 10.7. The van der Waals surface area contributed by atoms with Crippen LogP contribution in [0.1, 0.15) is 18.0 Å². The molecule has 1 unspecified atom stereocenters. The Labute approximate surface area is 90.7 Å². The molecule has 0 saturated heterocycles. The number of nitrogens with zero attached hydrogens (tertiary/aromatic N) is 1. The van der Waals surface area contributed by atoms with Crippen molar-refractivity contribution in [2.24, 2.45) is 5.73 Å². The van der Waals surface area contributed by atoms with Crippen LogP contribution >= 0.6 is 23.2 Å². The summed E-state index contributed by atoms with van der Waals surface area (Å²) >= 11 is 11.1. The molecule has 78 valence electrons. The van der Waals surface area contributed by atoms with Crippen LogP contribution in [-0.4, -0.2) is 16.7 Å². The highest BCUT2D eigenvalue weighted by Gasteiger charge is 2.14. The van der Waals surface area contributed by atoms with E-state index < -0.39 is 11.9 Å². The van der Waals surface area contributed by atoms with Crippen LogP contribution in [0.15, 0.2) is 6.07 Å². The Bertz CT molecular complexity index is 335. The van der Waals surface area contributed by atoms with Crippen LogP contribution in [0.4, 0.5) is 4.39 Å². The highest BCUT2D eigenvalue weighted by atomic mass is 35.5. The van der Waals surface area contributed by atoms with Gasteiger partial charge in [0.15, 0.2) is 11.0 Å². The zero-order valence-corrected chi connectivity index (χ0v) is 8.69. The molecular weight excluding hydrogens is 230 g/mol. The van der Waals surface area contributed by atoms with Gasteiger partial charge < -0.3 is 10.8 Å². The molecule has 0 aliphatic carbocycles. The third kappa shape index (κ3) is 2.54. The second kappa shape index (κ2) is 4.89. The number of hydrogen-bond acceptors (Lipinski definition) is 3. The highest BCUT2D eigenvalue weighted by Crippen LogP contribution is 2.25. The number of halogens is 3. The topological polar surface area (TPSA) is 59.1 Å². The fourth-order valence-electron chi connectivity index (χ4n) is 1.01. The Kier molecular flexibility index (Phi) is 4.07. The largest absolute Gasteiger partial charge is 0.396 e. The molecule has 6 heteroatoms. The molecule has 1 aromatic heterocycles. The summed E-state index contributed by atoms with van der Waals surface area (Å²) in [6.45, 7) is -0.0955. The molecule has 1 rings (SSSR count). The van der Waals surface area contributed by atoms with E-state index in [1.165, 1.54) is 0 Å². The van der Waals surface area contributed by atoms with Crippen molar-refractivity contribution in [2.45, 2.75) is 12.5 Å². The van der Waals surface area contributed by atoms with Gasteiger partial charge in [-0.25, -0.2) is 9.37 Å². The van der Waals surface area contributed by atoms with E-state index in [4.69, 9.17) is 34.0 Å². The van der Waals surface area contributed by atoms with Gasteiger partial charge in [0, 0.05) is 18.2 Å². The van der Waals surface area contributed by atoms with Crippen molar-refractivity contribution in [1.29, 1.82) is 0 Å². The van der Waals surface area contributed by atoms with Crippen LogP contribution < -0.4 is 5.73 Å². The van der Waals surface area contributed by atoms with Crippen molar-refractivity contribution in [3.63, 3.8) is 0 Å². The molecule has 3 nitrogen and oxygen atoms in total. The van der Waals surface area contributed by atoms with Crippen molar-refractivity contribution >= 4 is 23.2 Å². The second-order valence-electron chi connectivity index (χ2n) is 2.76. The first-order chi connectivity index (χ1) is 6.56. The SMILES string of the molecule is NC(CCO)c1cc(F)c(Cl)nc1Cl. The van der Waals surface area contributed by atoms with Gasteiger partial charge in [-0.15, -0.1) is 0 Å². The Morgan fingerprint density at radius 1 is 1.50 bits per heavy atom. The minimum atomic E-state index is -0.667. The van der Waals surface area contributed by atoms with Crippen molar-refractivity contribution in [2.75, 3.05) is 6.61 Å². The molecule has 0 aliphatic rings. The zero-order valence-electron chi connectivity index (χ0n) is 7.17. The molecule has 0 amide bonds. The number of aliphatic hydroxyl groups is 1. The molecule has 0 saturated carbocycles. The van der Waals surface area contributed by atoms with Crippen LogP contribution in [0.2, 0.25) is 10.3 Å². The van der Waals surface area contributed by atoms with Crippen molar-refractivity contribution in [3.8, 4) is 0 Å². The Morgan fingerprint density at radius 2 is 2.14 bits per heavy atom. The Hall–Kier alpha value is -0.420.